The molecule has 1 amide bonds. The maximum Gasteiger partial charge on any atom is 0.323 e. The highest BCUT2D eigenvalue weighted by atomic mass is 16.5. The van der Waals surface area contributed by atoms with E-state index < -0.39 is 5.97 Å². The van der Waals surface area contributed by atoms with E-state index in [0.29, 0.717) is 35.3 Å². The lowest BCUT2D eigenvalue weighted by atomic mass is 10.1. The number of aliphatic carboxylic acids is 1. The predicted octanol–water partition coefficient (Wildman–Crippen LogP) is 4.02. The fraction of sp³-hybridized carbons (Fsp3) is 0.273. The summed E-state index contributed by atoms with van der Waals surface area (Å²) in [6.07, 6.45) is 1.71. The number of rotatable bonds is 8. The van der Waals surface area contributed by atoms with Crippen molar-refractivity contribution in [3.63, 3.8) is 0 Å². The van der Waals surface area contributed by atoms with Crippen LogP contribution >= 0.6 is 0 Å². The Morgan fingerprint density at radius 3 is 2.59 bits per heavy atom. The molecule has 0 aliphatic heterocycles. The van der Waals surface area contributed by atoms with Gasteiger partial charge < -0.3 is 24.5 Å². The summed E-state index contributed by atoms with van der Waals surface area (Å²) in [5.74, 6) is 0.291. The Bertz CT molecular complexity index is 1040. The normalized spacial score (nSPS) is 10.9. The van der Waals surface area contributed by atoms with Gasteiger partial charge in [-0.25, -0.2) is 0 Å². The van der Waals surface area contributed by atoms with Gasteiger partial charge in [0.2, 0.25) is 0 Å². The highest BCUT2D eigenvalue weighted by Gasteiger charge is 2.13. The molecule has 0 saturated heterocycles. The van der Waals surface area contributed by atoms with E-state index in [0.717, 1.165) is 10.9 Å². The number of carboxylic acid groups (broad SMARTS) is 1. The molecule has 3 aromatic rings. The van der Waals surface area contributed by atoms with E-state index in [-0.39, 0.29) is 12.5 Å². The number of anilines is 1. The van der Waals surface area contributed by atoms with Crippen LogP contribution in [0, 0.1) is 5.92 Å². The lowest BCUT2D eigenvalue weighted by Crippen LogP contribution is -2.12. The van der Waals surface area contributed by atoms with Gasteiger partial charge in [0.15, 0.2) is 11.5 Å². The summed E-state index contributed by atoms with van der Waals surface area (Å²) in [6, 6.07) is 12.2. The van der Waals surface area contributed by atoms with Crippen LogP contribution in [0.4, 0.5) is 5.69 Å². The minimum Gasteiger partial charge on any atom is -0.493 e. The second kappa shape index (κ2) is 8.68. The van der Waals surface area contributed by atoms with Crippen molar-refractivity contribution in [1.29, 1.82) is 0 Å². The molecule has 0 aliphatic rings. The minimum absolute atomic E-state index is 0.111. The average Bonchev–Trinajstić information content (AvgIpc) is 3.07. The van der Waals surface area contributed by atoms with Gasteiger partial charge in [0.25, 0.3) is 5.91 Å². The lowest BCUT2D eigenvalue weighted by molar-refractivity contribution is -0.137. The van der Waals surface area contributed by atoms with Gasteiger partial charge in [-0.15, -0.1) is 0 Å². The van der Waals surface area contributed by atoms with Gasteiger partial charge in [0.05, 0.1) is 13.7 Å². The Balaban J connectivity index is 1.76. The fourth-order valence-corrected chi connectivity index (χ4v) is 2.95. The molecule has 1 heterocycles. The van der Waals surface area contributed by atoms with Crippen molar-refractivity contribution in [2.24, 2.45) is 5.92 Å². The largest absolute Gasteiger partial charge is 0.493 e. The number of hydrogen-bond acceptors (Lipinski definition) is 4. The van der Waals surface area contributed by atoms with Crippen molar-refractivity contribution in [1.82, 2.24) is 4.57 Å². The number of carbonyl (C=O) groups excluding carboxylic acids is 1. The molecular formula is C22H24N2O5. The smallest absolute Gasteiger partial charge is 0.323 e. The summed E-state index contributed by atoms with van der Waals surface area (Å²) < 4.78 is 12.7. The first-order valence-electron chi connectivity index (χ1n) is 9.30. The van der Waals surface area contributed by atoms with Crippen molar-refractivity contribution < 1.29 is 24.2 Å². The molecule has 0 unspecified atom stereocenters. The third-order valence-corrected chi connectivity index (χ3v) is 4.33. The van der Waals surface area contributed by atoms with Crippen LogP contribution in [-0.2, 0) is 11.3 Å². The van der Waals surface area contributed by atoms with Crippen molar-refractivity contribution in [2.45, 2.75) is 20.4 Å². The Morgan fingerprint density at radius 1 is 1.10 bits per heavy atom. The Labute approximate surface area is 168 Å². The number of amides is 1. The van der Waals surface area contributed by atoms with Crippen molar-refractivity contribution in [3.05, 3.63) is 54.2 Å². The van der Waals surface area contributed by atoms with Crippen molar-refractivity contribution in [2.75, 3.05) is 19.0 Å². The Kier molecular flexibility index (Phi) is 6.07. The molecule has 29 heavy (non-hydrogen) atoms. The number of carbonyl (C=O) groups is 2. The van der Waals surface area contributed by atoms with Crippen LogP contribution in [0.2, 0.25) is 0 Å². The first-order chi connectivity index (χ1) is 13.9. The minimum atomic E-state index is -0.908. The van der Waals surface area contributed by atoms with Gasteiger partial charge in [-0.1, -0.05) is 13.8 Å². The summed E-state index contributed by atoms with van der Waals surface area (Å²) in [7, 11) is 1.54. The third kappa shape index (κ3) is 4.87. The molecule has 0 fully saturated rings. The Morgan fingerprint density at radius 2 is 1.90 bits per heavy atom. The van der Waals surface area contributed by atoms with Gasteiger partial charge in [0, 0.05) is 28.4 Å². The van der Waals surface area contributed by atoms with Gasteiger partial charge in [0.1, 0.15) is 6.54 Å². The number of aromatic nitrogens is 1. The van der Waals surface area contributed by atoms with E-state index in [1.807, 2.05) is 12.1 Å². The first kappa shape index (κ1) is 20.3. The maximum absolute atomic E-state index is 12.7. The van der Waals surface area contributed by atoms with E-state index in [4.69, 9.17) is 14.6 Å². The molecule has 2 N–H and O–H groups in total. The number of carboxylic acids is 1. The lowest BCUT2D eigenvalue weighted by Gasteiger charge is -2.13. The molecule has 1 aromatic heterocycles. The van der Waals surface area contributed by atoms with E-state index in [9.17, 15) is 9.59 Å². The predicted molar refractivity (Wildman–Crippen MR) is 111 cm³/mol. The molecular weight excluding hydrogens is 372 g/mol. The summed E-state index contributed by atoms with van der Waals surface area (Å²) in [4.78, 5) is 23.6. The first-order valence-corrected chi connectivity index (χ1v) is 9.30. The standard InChI is InChI=1S/C22H24N2O5/c1-14(2)13-29-19-7-4-16(11-20(19)28-3)22(27)23-17-5-6-18-15(10-17)8-9-24(18)12-21(25)26/h4-11,14H,12-13H2,1-3H3,(H,23,27)(H,25,26). The molecule has 0 saturated carbocycles. The molecule has 152 valence electrons. The molecule has 7 nitrogen and oxygen atoms in total. The van der Waals surface area contributed by atoms with Crippen LogP contribution in [0.25, 0.3) is 10.9 Å². The maximum atomic E-state index is 12.7. The highest BCUT2D eigenvalue weighted by Crippen LogP contribution is 2.29. The molecule has 7 heteroatoms. The van der Waals surface area contributed by atoms with E-state index in [2.05, 4.69) is 19.2 Å². The van der Waals surface area contributed by atoms with Crippen LogP contribution in [0.5, 0.6) is 11.5 Å². The molecule has 0 spiro atoms. The topological polar surface area (TPSA) is 89.8 Å². The third-order valence-electron chi connectivity index (χ3n) is 4.33. The van der Waals surface area contributed by atoms with Crippen LogP contribution in [0.1, 0.15) is 24.2 Å². The molecule has 3 rings (SSSR count). The number of benzene rings is 2. The van der Waals surface area contributed by atoms with Crippen LogP contribution in [-0.4, -0.2) is 35.3 Å². The van der Waals surface area contributed by atoms with Crippen molar-refractivity contribution >= 4 is 28.5 Å². The number of methoxy groups -OCH3 is 1. The fourth-order valence-electron chi connectivity index (χ4n) is 2.95. The summed E-state index contributed by atoms with van der Waals surface area (Å²) >= 11 is 0. The number of nitrogens with zero attached hydrogens (tertiary/aromatic N) is 1. The molecule has 0 atom stereocenters. The number of hydrogen-bond donors (Lipinski definition) is 2. The average molecular weight is 396 g/mol. The van der Waals surface area contributed by atoms with Crippen LogP contribution < -0.4 is 14.8 Å². The van der Waals surface area contributed by atoms with E-state index in [1.54, 1.807) is 41.1 Å². The highest BCUT2D eigenvalue weighted by molar-refractivity contribution is 6.05. The summed E-state index contributed by atoms with van der Waals surface area (Å²) in [5.41, 5.74) is 1.86. The van der Waals surface area contributed by atoms with Crippen LogP contribution in [0.15, 0.2) is 48.7 Å². The second-order valence-electron chi connectivity index (χ2n) is 7.14. The van der Waals surface area contributed by atoms with E-state index in [1.165, 1.54) is 7.11 Å². The van der Waals surface area contributed by atoms with E-state index >= 15 is 0 Å². The molecule has 0 aliphatic carbocycles. The second-order valence-corrected chi connectivity index (χ2v) is 7.14. The zero-order valence-corrected chi connectivity index (χ0v) is 16.6. The zero-order chi connectivity index (χ0) is 21.0. The Hall–Kier alpha value is -3.48. The quantitative estimate of drug-likeness (QED) is 0.600. The van der Waals surface area contributed by atoms with Crippen LogP contribution in [0.3, 0.4) is 0 Å². The van der Waals surface area contributed by atoms with Gasteiger partial charge >= 0.3 is 5.97 Å². The van der Waals surface area contributed by atoms with Crippen molar-refractivity contribution in [3.8, 4) is 11.5 Å². The SMILES string of the molecule is COc1cc(C(=O)Nc2ccc3c(ccn3CC(=O)O)c2)ccc1OCC(C)C. The zero-order valence-electron chi connectivity index (χ0n) is 16.6. The summed E-state index contributed by atoms with van der Waals surface area (Å²) in [6.45, 7) is 4.56. The number of fused-ring (bicyclic) bond motifs is 1. The van der Waals surface area contributed by atoms with Gasteiger partial charge in [-0.3, -0.25) is 9.59 Å². The molecule has 0 radical (unpaired) electrons. The summed E-state index contributed by atoms with van der Waals surface area (Å²) in [5, 5.41) is 12.7. The molecule has 0 bridgehead atoms. The van der Waals surface area contributed by atoms with Gasteiger partial charge in [-0.05, 0) is 48.4 Å². The molecule has 2 aromatic carbocycles. The monoisotopic (exact) mass is 396 g/mol. The number of ether oxygens (including phenoxy) is 2. The number of nitrogens with one attached hydrogen (secondary N) is 1. The van der Waals surface area contributed by atoms with Gasteiger partial charge in [-0.2, -0.15) is 0 Å².